The van der Waals surface area contributed by atoms with Crippen molar-refractivity contribution in [2.24, 2.45) is 0 Å². The minimum absolute atomic E-state index is 0.0796. The van der Waals surface area contributed by atoms with Crippen LogP contribution in [0.3, 0.4) is 0 Å². The maximum atomic E-state index is 13.5. The highest BCUT2D eigenvalue weighted by Gasteiger charge is 2.13. The van der Waals surface area contributed by atoms with Gasteiger partial charge in [0.05, 0.1) is 23.6 Å². The normalized spacial score (nSPS) is 10.1. The molecule has 0 aliphatic rings. The average Bonchev–Trinajstić information content (AvgIpc) is 2.14. The minimum Gasteiger partial charge on any atom is -0.397 e. The van der Waals surface area contributed by atoms with E-state index < -0.39 is 5.82 Å². The van der Waals surface area contributed by atoms with Gasteiger partial charge in [0.2, 0.25) is 0 Å². The smallest absolute Gasteiger partial charge is 0.169 e. The summed E-state index contributed by atoms with van der Waals surface area (Å²) in [7, 11) is 0. The summed E-state index contributed by atoms with van der Waals surface area (Å²) in [5.41, 5.74) is 11.3. The Morgan fingerprint density at radius 1 is 1.47 bits per heavy atom. The van der Waals surface area contributed by atoms with Crippen molar-refractivity contribution in [3.63, 3.8) is 0 Å². The van der Waals surface area contributed by atoms with Gasteiger partial charge in [-0.15, -0.1) is 0 Å². The molecule has 0 heterocycles. The molecule has 1 aromatic rings. The quantitative estimate of drug-likeness (QED) is 0.722. The summed E-state index contributed by atoms with van der Waals surface area (Å²) in [5.74, 6) is -0.688. The second kappa shape index (κ2) is 4.59. The first-order chi connectivity index (χ1) is 6.93. The van der Waals surface area contributed by atoms with Gasteiger partial charge in [0.25, 0.3) is 0 Å². The average molecular weight is 250 g/mol. The highest BCUT2D eigenvalue weighted by molar-refractivity contribution is 6.33. The summed E-state index contributed by atoms with van der Waals surface area (Å²) in [6.07, 6.45) is 0. The molecule has 0 unspecified atom stereocenters. The molecule has 0 aliphatic heterocycles. The number of halogens is 3. The molecule has 15 heavy (non-hydrogen) atoms. The number of nitrogens with one attached hydrogen (secondary N) is 1. The van der Waals surface area contributed by atoms with E-state index in [1.807, 2.05) is 0 Å². The molecule has 3 nitrogen and oxygen atoms in total. The molecule has 0 aliphatic carbocycles. The zero-order chi connectivity index (χ0) is 11.6. The maximum absolute atomic E-state index is 13.5. The monoisotopic (exact) mass is 249 g/mol. The molecule has 0 bridgehead atoms. The fourth-order valence-electron chi connectivity index (χ4n) is 1.03. The van der Waals surface area contributed by atoms with Crippen molar-refractivity contribution in [3.05, 3.63) is 28.5 Å². The second-order valence-corrected chi connectivity index (χ2v) is 3.84. The Kier molecular flexibility index (Phi) is 3.66. The highest BCUT2D eigenvalue weighted by Crippen LogP contribution is 2.33. The van der Waals surface area contributed by atoms with Gasteiger partial charge in [-0.05, 0) is 6.07 Å². The van der Waals surface area contributed by atoms with Gasteiger partial charge in [0.1, 0.15) is 5.02 Å². The Balaban J connectivity index is 3.07. The number of rotatable bonds is 3. The van der Waals surface area contributed by atoms with Crippen LogP contribution < -0.4 is 16.8 Å². The van der Waals surface area contributed by atoms with Gasteiger partial charge in [-0.25, -0.2) is 4.39 Å². The summed E-state index contributed by atoms with van der Waals surface area (Å²) in [6.45, 7) is 3.65. The summed E-state index contributed by atoms with van der Waals surface area (Å²) < 4.78 is 13.5. The Bertz CT molecular complexity index is 407. The predicted octanol–water partition coefficient (Wildman–Crippen LogP) is 2.81. The SMILES string of the molecule is C=C(Cl)CNc1c(N)cc(N)c(Cl)c1F. The Hall–Kier alpha value is -1.13. The molecule has 82 valence electrons. The molecule has 0 fully saturated rings. The lowest BCUT2D eigenvalue weighted by atomic mass is 10.2. The van der Waals surface area contributed by atoms with Crippen LogP contribution in [0.4, 0.5) is 21.5 Å². The molecule has 0 saturated heterocycles. The van der Waals surface area contributed by atoms with E-state index >= 15 is 0 Å². The molecule has 0 aromatic heterocycles. The van der Waals surface area contributed by atoms with Gasteiger partial charge in [-0.3, -0.25) is 0 Å². The largest absolute Gasteiger partial charge is 0.397 e. The van der Waals surface area contributed by atoms with Crippen LogP contribution in [0, 0.1) is 5.82 Å². The number of nitrogen functional groups attached to an aromatic ring is 2. The van der Waals surface area contributed by atoms with Crippen molar-refractivity contribution >= 4 is 40.3 Å². The Labute approximate surface area is 96.8 Å². The van der Waals surface area contributed by atoms with Crippen LogP contribution in [-0.4, -0.2) is 6.54 Å². The van der Waals surface area contributed by atoms with Gasteiger partial charge < -0.3 is 16.8 Å². The van der Waals surface area contributed by atoms with E-state index in [1.54, 1.807) is 0 Å². The molecule has 0 saturated carbocycles. The third kappa shape index (κ3) is 2.67. The first kappa shape index (κ1) is 11.9. The van der Waals surface area contributed by atoms with Gasteiger partial charge in [-0.2, -0.15) is 0 Å². The molecule has 1 rings (SSSR count). The fraction of sp³-hybridized carbons (Fsp3) is 0.111. The van der Waals surface area contributed by atoms with Gasteiger partial charge >= 0.3 is 0 Å². The molecule has 1 aromatic carbocycles. The topological polar surface area (TPSA) is 64.1 Å². The molecular weight excluding hydrogens is 240 g/mol. The lowest BCUT2D eigenvalue weighted by molar-refractivity contribution is 0.632. The first-order valence-corrected chi connectivity index (χ1v) is 4.79. The van der Waals surface area contributed by atoms with E-state index in [4.69, 9.17) is 34.7 Å². The summed E-state index contributed by atoms with van der Waals surface area (Å²) in [5, 5.41) is 2.85. The number of hydrogen-bond acceptors (Lipinski definition) is 3. The molecular formula is C9H10Cl2FN3. The Morgan fingerprint density at radius 2 is 2.07 bits per heavy atom. The number of benzene rings is 1. The zero-order valence-electron chi connectivity index (χ0n) is 7.78. The standard InChI is InChI=1S/C9H10Cl2FN3/c1-4(10)3-15-9-6(14)2-5(13)7(11)8(9)12/h2,15H,1,3,13-14H2. The van der Waals surface area contributed by atoms with Crippen LogP contribution in [0.25, 0.3) is 0 Å². The van der Waals surface area contributed by atoms with Crippen LogP contribution in [0.5, 0.6) is 0 Å². The zero-order valence-corrected chi connectivity index (χ0v) is 9.29. The third-order valence-electron chi connectivity index (χ3n) is 1.72. The lowest BCUT2D eigenvalue weighted by Crippen LogP contribution is -2.07. The molecule has 6 heteroatoms. The highest BCUT2D eigenvalue weighted by atomic mass is 35.5. The molecule has 5 N–H and O–H groups in total. The van der Waals surface area contributed by atoms with Crippen molar-refractivity contribution in [2.75, 3.05) is 23.3 Å². The van der Waals surface area contributed by atoms with E-state index in [-0.39, 0.29) is 28.6 Å². The molecule has 0 atom stereocenters. The molecule has 0 spiro atoms. The van der Waals surface area contributed by atoms with Crippen LogP contribution in [0.15, 0.2) is 17.7 Å². The van der Waals surface area contributed by atoms with E-state index in [0.29, 0.717) is 5.03 Å². The van der Waals surface area contributed by atoms with Crippen LogP contribution in [0.1, 0.15) is 0 Å². The predicted molar refractivity (Wildman–Crippen MR) is 63.7 cm³/mol. The molecule has 0 amide bonds. The van der Waals surface area contributed by atoms with E-state index in [1.165, 1.54) is 6.07 Å². The fourth-order valence-corrected chi connectivity index (χ4v) is 1.25. The van der Waals surface area contributed by atoms with E-state index in [2.05, 4.69) is 11.9 Å². The number of nitrogens with two attached hydrogens (primary N) is 2. The van der Waals surface area contributed by atoms with Crippen LogP contribution in [0.2, 0.25) is 5.02 Å². The Morgan fingerprint density at radius 3 is 2.60 bits per heavy atom. The van der Waals surface area contributed by atoms with Crippen LogP contribution in [-0.2, 0) is 0 Å². The number of anilines is 3. The van der Waals surface area contributed by atoms with Crippen molar-refractivity contribution in [3.8, 4) is 0 Å². The van der Waals surface area contributed by atoms with Gasteiger partial charge in [0.15, 0.2) is 5.82 Å². The van der Waals surface area contributed by atoms with Gasteiger partial charge in [-0.1, -0.05) is 29.8 Å². The summed E-state index contributed by atoms with van der Waals surface area (Å²) in [4.78, 5) is 0. The second-order valence-electron chi connectivity index (χ2n) is 2.93. The van der Waals surface area contributed by atoms with Crippen molar-refractivity contribution < 1.29 is 4.39 Å². The van der Waals surface area contributed by atoms with Crippen LogP contribution >= 0.6 is 23.2 Å². The van der Waals surface area contributed by atoms with E-state index in [0.717, 1.165) is 0 Å². The van der Waals surface area contributed by atoms with Crippen molar-refractivity contribution in [1.82, 2.24) is 0 Å². The third-order valence-corrected chi connectivity index (χ3v) is 2.24. The van der Waals surface area contributed by atoms with Gasteiger partial charge in [0, 0.05) is 5.03 Å². The van der Waals surface area contributed by atoms with Crippen molar-refractivity contribution in [2.45, 2.75) is 0 Å². The minimum atomic E-state index is -0.688. The van der Waals surface area contributed by atoms with Crippen molar-refractivity contribution in [1.29, 1.82) is 0 Å². The summed E-state index contributed by atoms with van der Waals surface area (Å²) >= 11 is 11.1. The molecule has 0 radical (unpaired) electrons. The lowest BCUT2D eigenvalue weighted by Gasteiger charge is -2.12. The summed E-state index contributed by atoms with van der Waals surface area (Å²) in [6, 6.07) is 1.38. The number of hydrogen-bond donors (Lipinski definition) is 3. The maximum Gasteiger partial charge on any atom is 0.169 e. The van der Waals surface area contributed by atoms with E-state index in [9.17, 15) is 4.39 Å². The first-order valence-electron chi connectivity index (χ1n) is 4.03.